The third-order valence-electron chi connectivity index (χ3n) is 3.12. The first-order chi connectivity index (χ1) is 8.74. The van der Waals surface area contributed by atoms with E-state index in [9.17, 15) is 0 Å². The van der Waals surface area contributed by atoms with E-state index in [1.807, 2.05) is 24.3 Å². The van der Waals surface area contributed by atoms with Gasteiger partial charge in [0, 0.05) is 17.7 Å². The van der Waals surface area contributed by atoms with Crippen molar-refractivity contribution in [2.75, 3.05) is 18.0 Å². The van der Waals surface area contributed by atoms with Gasteiger partial charge in [-0.15, -0.1) is 0 Å². The highest BCUT2D eigenvalue weighted by Crippen LogP contribution is 2.22. The number of para-hydroxylation sites is 1. The van der Waals surface area contributed by atoms with Crippen LogP contribution in [0.4, 0.5) is 17.3 Å². The normalized spacial score (nSPS) is 13.8. The zero-order chi connectivity index (χ0) is 12.5. The van der Waals surface area contributed by atoms with Gasteiger partial charge in [0.2, 0.25) is 17.9 Å². The number of nitrogens with two attached hydrogens (primary N) is 2. The van der Waals surface area contributed by atoms with Crippen molar-refractivity contribution in [2.24, 2.45) is 0 Å². The Morgan fingerprint density at radius 2 is 1.83 bits per heavy atom. The molecule has 0 radical (unpaired) electrons. The summed E-state index contributed by atoms with van der Waals surface area (Å²) in [4.78, 5) is 4.08. The SMILES string of the molecule is Nc1ccc(CC2=[N+](c3ccccc3)C2)c(N)n1. The molecule has 90 valence electrons. The van der Waals surface area contributed by atoms with Crippen LogP contribution < -0.4 is 11.5 Å². The molecule has 0 saturated heterocycles. The lowest BCUT2D eigenvalue weighted by atomic mass is 10.1. The predicted octanol–water partition coefficient (Wildman–Crippen LogP) is 1.59. The third kappa shape index (κ3) is 2.05. The molecule has 1 aliphatic rings. The largest absolute Gasteiger partial charge is 0.384 e. The van der Waals surface area contributed by atoms with Gasteiger partial charge in [0.05, 0.1) is 6.42 Å². The second-order valence-electron chi connectivity index (χ2n) is 4.45. The van der Waals surface area contributed by atoms with Crippen LogP contribution in [0.2, 0.25) is 0 Å². The molecule has 3 rings (SSSR count). The standard InChI is InChI=1S/C14H15N4/c15-13-7-6-10(14(16)17-13)8-12-9-18(12)11-4-2-1-3-5-11/h1-7H,8-9H2,(H4,15,16,17)/q+1. The summed E-state index contributed by atoms with van der Waals surface area (Å²) in [6, 6.07) is 14.1. The van der Waals surface area contributed by atoms with Crippen LogP contribution in [0.25, 0.3) is 0 Å². The highest BCUT2D eigenvalue weighted by atomic mass is 15.1. The molecule has 0 aliphatic carbocycles. The minimum atomic E-state index is 0.469. The average molecular weight is 239 g/mol. The van der Waals surface area contributed by atoms with Crippen molar-refractivity contribution in [3.8, 4) is 0 Å². The molecule has 0 amide bonds. The number of nitrogen functional groups attached to an aromatic ring is 2. The van der Waals surface area contributed by atoms with E-state index >= 15 is 0 Å². The maximum Gasteiger partial charge on any atom is 0.229 e. The fourth-order valence-corrected chi connectivity index (χ4v) is 2.07. The Morgan fingerprint density at radius 1 is 1.06 bits per heavy atom. The van der Waals surface area contributed by atoms with Gasteiger partial charge < -0.3 is 11.5 Å². The summed E-state index contributed by atoms with van der Waals surface area (Å²) in [7, 11) is 0. The molecular weight excluding hydrogens is 224 g/mol. The van der Waals surface area contributed by atoms with E-state index in [0.29, 0.717) is 11.6 Å². The lowest BCUT2D eigenvalue weighted by Gasteiger charge is -2.00. The van der Waals surface area contributed by atoms with Gasteiger partial charge in [-0.05, 0) is 6.07 Å². The van der Waals surface area contributed by atoms with Crippen molar-refractivity contribution < 1.29 is 4.58 Å². The predicted molar refractivity (Wildman–Crippen MR) is 73.0 cm³/mol. The van der Waals surface area contributed by atoms with E-state index in [4.69, 9.17) is 11.5 Å². The fraction of sp³-hybridized carbons (Fsp3) is 0.143. The summed E-state index contributed by atoms with van der Waals surface area (Å²) in [6.07, 6.45) is 0.841. The molecule has 0 saturated carbocycles. The van der Waals surface area contributed by atoms with Gasteiger partial charge in [0.25, 0.3) is 0 Å². The van der Waals surface area contributed by atoms with Gasteiger partial charge in [-0.1, -0.05) is 24.3 Å². The van der Waals surface area contributed by atoms with E-state index in [1.165, 1.54) is 11.4 Å². The molecule has 2 aromatic rings. The van der Waals surface area contributed by atoms with Crippen LogP contribution in [0.15, 0.2) is 42.5 Å². The lowest BCUT2D eigenvalue weighted by molar-refractivity contribution is -0.342. The number of pyridine rings is 1. The van der Waals surface area contributed by atoms with Crippen molar-refractivity contribution in [1.82, 2.24) is 4.98 Å². The summed E-state index contributed by atoms with van der Waals surface area (Å²) in [5.74, 6) is 0.999. The topological polar surface area (TPSA) is 67.9 Å². The number of rotatable bonds is 3. The van der Waals surface area contributed by atoms with Gasteiger partial charge in [0.1, 0.15) is 11.6 Å². The van der Waals surface area contributed by atoms with Crippen LogP contribution in [0.1, 0.15) is 5.56 Å². The summed E-state index contributed by atoms with van der Waals surface area (Å²) < 4.78 is 2.27. The number of benzene rings is 1. The van der Waals surface area contributed by atoms with Crippen molar-refractivity contribution in [2.45, 2.75) is 6.42 Å². The lowest BCUT2D eigenvalue weighted by Crippen LogP contribution is -2.03. The van der Waals surface area contributed by atoms with Crippen LogP contribution in [-0.2, 0) is 6.42 Å². The zero-order valence-electron chi connectivity index (χ0n) is 10.0. The Hall–Kier alpha value is -2.36. The van der Waals surface area contributed by atoms with Crippen LogP contribution in [0, 0.1) is 0 Å². The number of hydrogen-bond acceptors (Lipinski definition) is 3. The van der Waals surface area contributed by atoms with Gasteiger partial charge >= 0.3 is 0 Å². The van der Waals surface area contributed by atoms with E-state index in [2.05, 4.69) is 21.7 Å². The van der Waals surface area contributed by atoms with Crippen molar-refractivity contribution in [1.29, 1.82) is 0 Å². The van der Waals surface area contributed by atoms with E-state index in [-0.39, 0.29) is 0 Å². The molecule has 0 atom stereocenters. The number of aromatic nitrogens is 1. The van der Waals surface area contributed by atoms with Crippen LogP contribution in [0.5, 0.6) is 0 Å². The Balaban J connectivity index is 1.81. The van der Waals surface area contributed by atoms with Gasteiger partial charge in [-0.2, -0.15) is 4.58 Å². The summed E-state index contributed by atoms with van der Waals surface area (Å²) in [5, 5.41) is 0. The molecule has 1 aliphatic heterocycles. The molecule has 2 heterocycles. The summed E-state index contributed by atoms with van der Waals surface area (Å²) >= 11 is 0. The fourth-order valence-electron chi connectivity index (χ4n) is 2.07. The van der Waals surface area contributed by atoms with Gasteiger partial charge in [-0.25, -0.2) is 4.98 Å². The first kappa shape index (κ1) is 10.8. The molecule has 4 N–H and O–H groups in total. The minimum Gasteiger partial charge on any atom is -0.384 e. The Morgan fingerprint density at radius 3 is 2.56 bits per heavy atom. The molecule has 18 heavy (non-hydrogen) atoms. The van der Waals surface area contributed by atoms with E-state index in [0.717, 1.165) is 18.5 Å². The van der Waals surface area contributed by atoms with E-state index < -0.39 is 0 Å². The Labute approximate surface area is 106 Å². The third-order valence-corrected chi connectivity index (χ3v) is 3.12. The first-order valence-electron chi connectivity index (χ1n) is 5.92. The minimum absolute atomic E-state index is 0.469. The molecule has 1 aromatic heterocycles. The van der Waals surface area contributed by atoms with Crippen molar-refractivity contribution in [3.63, 3.8) is 0 Å². The number of hydrogen-bond donors (Lipinski definition) is 2. The second-order valence-corrected chi connectivity index (χ2v) is 4.45. The number of nitrogens with zero attached hydrogens (tertiary/aromatic N) is 2. The zero-order valence-corrected chi connectivity index (χ0v) is 10.0. The quantitative estimate of drug-likeness (QED) is 0.799. The van der Waals surface area contributed by atoms with E-state index in [1.54, 1.807) is 6.07 Å². The smallest absolute Gasteiger partial charge is 0.229 e. The second kappa shape index (κ2) is 4.14. The molecular formula is C14H15N4+. The van der Waals surface area contributed by atoms with Crippen molar-refractivity contribution >= 4 is 23.0 Å². The molecule has 4 nitrogen and oxygen atoms in total. The highest BCUT2D eigenvalue weighted by molar-refractivity contribution is 5.92. The molecule has 0 bridgehead atoms. The maximum absolute atomic E-state index is 5.86. The maximum atomic E-state index is 5.86. The van der Waals surface area contributed by atoms with Crippen LogP contribution in [-0.4, -0.2) is 21.8 Å². The molecule has 0 unspecified atom stereocenters. The summed E-state index contributed by atoms with van der Waals surface area (Å²) in [5.41, 5.74) is 15.1. The average Bonchev–Trinajstić information content (AvgIpc) is 3.13. The van der Waals surface area contributed by atoms with Gasteiger partial charge in [-0.3, -0.25) is 0 Å². The van der Waals surface area contributed by atoms with Crippen LogP contribution in [0.3, 0.4) is 0 Å². The highest BCUT2D eigenvalue weighted by Gasteiger charge is 2.35. The molecule has 0 spiro atoms. The van der Waals surface area contributed by atoms with Gasteiger partial charge in [0.15, 0.2) is 0 Å². The Bertz CT molecular complexity index is 617. The number of anilines is 2. The van der Waals surface area contributed by atoms with Crippen LogP contribution >= 0.6 is 0 Å². The summed E-state index contributed by atoms with van der Waals surface area (Å²) in [6.45, 7) is 0.994. The first-order valence-corrected chi connectivity index (χ1v) is 5.92. The van der Waals surface area contributed by atoms with Crippen molar-refractivity contribution in [3.05, 3.63) is 48.0 Å². The monoisotopic (exact) mass is 239 g/mol. The Kier molecular flexibility index (Phi) is 2.48. The molecule has 0 fully saturated rings. The molecule has 4 heteroatoms. The molecule has 1 aromatic carbocycles.